The SMILES string of the molecule is CCCCNC1(N)OS1. The van der Waals surface area contributed by atoms with E-state index >= 15 is 0 Å². The van der Waals surface area contributed by atoms with Crippen molar-refractivity contribution in [2.75, 3.05) is 6.54 Å². The number of hydrogen-bond acceptors (Lipinski definition) is 4. The van der Waals surface area contributed by atoms with Crippen molar-refractivity contribution in [2.24, 2.45) is 5.73 Å². The van der Waals surface area contributed by atoms with Crippen LogP contribution in [0, 0.1) is 0 Å². The Morgan fingerprint density at radius 1 is 1.78 bits per heavy atom. The van der Waals surface area contributed by atoms with Crippen LogP contribution in [0.15, 0.2) is 0 Å². The highest BCUT2D eigenvalue weighted by Gasteiger charge is 2.42. The molecule has 0 aromatic carbocycles. The van der Waals surface area contributed by atoms with Crippen LogP contribution in [0.5, 0.6) is 0 Å². The Balaban J connectivity index is 1.92. The summed E-state index contributed by atoms with van der Waals surface area (Å²) in [6, 6.07) is 0. The lowest BCUT2D eigenvalue weighted by atomic mass is 10.3. The zero-order chi connectivity index (χ0) is 6.74. The molecule has 1 unspecified atom stereocenters. The van der Waals surface area contributed by atoms with Crippen LogP contribution in [0.1, 0.15) is 19.8 Å². The molecular formula is C5H12N2OS. The van der Waals surface area contributed by atoms with Crippen LogP contribution in [0.3, 0.4) is 0 Å². The molecule has 1 aliphatic heterocycles. The molecule has 0 amide bonds. The van der Waals surface area contributed by atoms with Crippen LogP contribution in [0.2, 0.25) is 0 Å². The van der Waals surface area contributed by atoms with Gasteiger partial charge < -0.3 is 0 Å². The quantitative estimate of drug-likeness (QED) is 0.266. The maximum Gasteiger partial charge on any atom is 0.260 e. The topological polar surface area (TPSA) is 50.6 Å². The van der Waals surface area contributed by atoms with E-state index in [1.807, 2.05) is 0 Å². The average molecular weight is 148 g/mol. The van der Waals surface area contributed by atoms with E-state index in [0.717, 1.165) is 13.0 Å². The first-order valence-corrected chi connectivity index (χ1v) is 3.92. The van der Waals surface area contributed by atoms with Crippen molar-refractivity contribution in [3.8, 4) is 0 Å². The number of rotatable bonds is 4. The second-order valence-electron chi connectivity index (χ2n) is 2.11. The van der Waals surface area contributed by atoms with E-state index in [1.165, 1.54) is 18.5 Å². The van der Waals surface area contributed by atoms with Gasteiger partial charge in [-0.1, -0.05) is 13.3 Å². The van der Waals surface area contributed by atoms with Gasteiger partial charge in [-0.2, -0.15) is 0 Å². The molecule has 4 heteroatoms. The number of unbranched alkanes of at least 4 members (excludes halogenated alkanes) is 1. The molecule has 0 aliphatic carbocycles. The summed E-state index contributed by atoms with van der Waals surface area (Å²) >= 11 is 1.29. The fourth-order valence-electron chi connectivity index (χ4n) is 0.543. The molecule has 1 heterocycles. The molecule has 0 radical (unpaired) electrons. The molecule has 1 fully saturated rings. The van der Waals surface area contributed by atoms with Gasteiger partial charge in [-0.05, 0) is 13.0 Å². The molecule has 1 aliphatic rings. The molecule has 1 atom stereocenters. The van der Waals surface area contributed by atoms with Gasteiger partial charge in [-0.3, -0.25) is 15.2 Å². The smallest absolute Gasteiger partial charge is 0.260 e. The largest absolute Gasteiger partial charge is 0.279 e. The van der Waals surface area contributed by atoms with Gasteiger partial charge in [-0.15, -0.1) is 0 Å². The number of nitrogens with one attached hydrogen (secondary N) is 1. The Hall–Kier alpha value is 0.230. The Bertz CT molecular complexity index is 95.0. The first-order valence-electron chi connectivity index (χ1n) is 3.17. The molecule has 0 bridgehead atoms. The van der Waals surface area contributed by atoms with Crippen LogP contribution in [0.4, 0.5) is 0 Å². The molecule has 0 saturated carbocycles. The predicted molar refractivity (Wildman–Crippen MR) is 38.5 cm³/mol. The van der Waals surface area contributed by atoms with Crippen molar-refractivity contribution in [2.45, 2.75) is 24.9 Å². The number of hydrogen-bond donors (Lipinski definition) is 2. The zero-order valence-corrected chi connectivity index (χ0v) is 6.33. The van der Waals surface area contributed by atoms with Crippen molar-refractivity contribution in [3.05, 3.63) is 0 Å². The molecule has 0 aromatic rings. The van der Waals surface area contributed by atoms with Gasteiger partial charge in [0.05, 0.1) is 12.0 Å². The van der Waals surface area contributed by atoms with Crippen LogP contribution in [0.25, 0.3) is 0 Å². The fourth-order valence-corrected chi connectivity index (χ4v) is 0.853. The van der Waals surface area contributed by atoms with Crippen molar-refractivity contribution in [1.82, 2.24) is 5.32 Å². The van der Waals surface area contributed by atoms with E-state index < -0.39 is 5.18 Å². The summed E-state index contributed by atoms with van der Waals surface area (Å²) in [5.41, 5.74) is 5.52. The van der Waals surface area contributed by atoms with Crippen molar-refractivity contribution >= 4 is 12.0 Å². The van der Waals surface area contributed by atoms with Gasteiger partial charge in [-0.25, -0.2) is 0 Å². The third-order valence-electron chi connectivity index (χ3n) is 1.16. The minimum absolute atomic E-state index is 0.533. The van der Waals surface area contributed by atoms with E-state index in [9.17, 15) is 0 Å². The summed E-state index contributed by atoms with van der Waals surface area (Å²) in [5, 5.41) is 2.52. The summed E-state index contributed by atoms with van der Waals surface area (Å²) in [6.45, 7) is 3.09. The lowest BCUT2D eigenvalue weighted by molar-refractivity contribution is 0.270. The van der Waals surface area contributed by atoms with Gasteiger partial charge in [0.25, 0.3) is 5.18 Å². The molecule has 0 spiro atoms. The van der Waals surface area contributed by atoms with Crippen LogP contribution in [-0.2, 0) is 4.18 Å². The van der Waals surface area contributed by atoms with Crippen molar-refractivity contribution in [1.29, 1.82) is 0 Å². The zero-order valence-electron chi connectivity index (χ0n) is 5.52. The minimum atomic E-state index is -0.533. The van der Waals surface area contributed by atoms with Gasteiger partial charge in [0.1, 0.15) is 0 Å². The third-order valence-corrected chi connectivity index (χ3v) is 1.83. The summed E-state index contributed by atoms with van der Waals surface area (Å²) in [7, 11) is 0. The van der Waals surface area contributed by atoms with Gasteiger partial charge in [0.15, 0.2) is 0 Å². The average Bonchev–Trinajstić information content (AvgIpc) is 2.50. The molecule has 3 nitrogen and oxygen atoms in total. The molecular weight excluding hydrogens is 136 g/mol. The Morgan fingerprint density at radius 2 is 2.44 bits per heavy atom. The summed E-state index contributed by atoms with van der Waals surface area (Å²) in [4.78, 5) is 0. The van der Waals surface area contributed by atoms with Gasteiger partial charge in [0, 0.05) is 0 Å². The second kappa shape index (κ2) is 2.88. The molecule has 54 valence electrons. The maximum absolute atomic E-state index is 5.52. The third kappa shape index (κ3) is 2.53. The molecule has 9 heavy (non-hydrogen) atoms. The van der Waals surface area contributed by atoms with Crippen molar-refractivity contribution < 1.29 is 4.18 Å². The van der Waals surface area contributed by atoms with E-state index in [4.69, 9.17) is 9.92 Å². The Kier molecular flexibility index (Phi) is 2.35. The molecule has 0 aromatic heterocycles. The van der Waals surface area contributed by atoms with Crippen molar-refractivity contribution in [3.63, 3.8) is 0 Å². The molecule has 3 N–H and O–H groups in total. The van der Waals surface area contributed by atoms with Crippen LogP contribution < -0.4 is 11.1 Å². The highest BCUT2D eigenvalue weighted by atomic mass is 32.2. The van der Waals surface area contributed by atoms with E-state index in [-0.39, 0.29) is 0 Å². The standard InChI is InChI=1S/C5H12N2OS/c1-2-3-4-7-5(6)8-9-5/h7H,2-4,6H2,1H3. The van der Waals surface area contributed by atoms with Gasteiger partial charge in [0.2, 0.25) is 0 Å². The monoisotopic (exact) mass is 148 g/mol. The summed E-state index contributed by atoms with van der Waals surface area (Å²) < 4.78 is 4.83. The molecule has 1 saturated heterocycles. The normalized spacial score (nSPS) is 32.7. The lowest BCUT2D eigenvalue weighted by Crippen LogP contribution is -2.39. The predicted octanol–water partition coefficient (Wildman–Crippen LogP) is 0.625. The van der Waals surface area contributed by atoms with Gasteiger partial charge >= 0.3 is 0 Å². The first-order chi connectivity index (χ1) is 4.27. The summed E-state index contributed by atoms with van der Waals surface area (Å²) in [5.74, 6) is 0. The van der Waals surface area contributed by atoms with Crippen LogP contribution in [-0.4, -0.2) is 11.7 Å². The fraction of sp³-hybridized carbons (Fsp3) is 1.00. The first kappa shape index (κ1) is 7.34. The lowest BCUT2D eigenvalue weighted by Gasteiger charge is -2.03. The maximum atomic E-state index is 5.52. The van der Waals surface area contributed by atoms with E-state index in [1.54, 1.807) is 0 Å². The summed E-state index contributed by atoms with van der Waals surface area (Å²) in [6.07, 6.45) is 2.34. The molecule has 1 rings (SSSR count). The minimum Gasteiger partial charge on any atom is -0.279 e. The highest BCUT2D eigenvalue weighted by molar-refractivity contribution is 8.01. The Labute approximate surface area is 59.5 Å². The highest BCUT2D eigenvalue weighted by Crippen LogP contribution is 2.38. The Morgan fingerprint density at radius 3 is 2.89 bits per heavy atom. The van der Waals surface area contributed by atoms with E-state index in [2.05, 4.69) is 12.2 Å². The van der Waals surface area contributed by atoms with E-state index in [0.29, 0.717) is 0 Å². The number of nitrogens with two attached hydrogens (primary N) is 1. The van der Waals surface area contributed by atoms with Crippen LogP contribution >= 0.6 is 12.0 Å². The second-order valence-corrected chi connectivity index (χ2v) is 3.05.